The van der Waals surface area contributed by atoms with Crippen LogP contribution in [0.4, 0.5) is 8.78 Å². The van der Waals surface area contributed by atoms with Crippen molar-refractivity contribution in [2.24, 2.45) is 4.74 Å². The van der Waals surface area contributed by atoms with Crippen LogP contribution in [-0.2, 0) is 14.3 Å². The predicted molar refractivity (Wildman–Crippen MR) is 135 cm³/mol. The number of aromatic nitrogens is 2. The highest BCUT2D eigenvalue weighted by Gasteiger charge is 2.55. The fourth-order valence-corrected chi connectivity index (χ4v) is 5.29. The van der Waals surface area contributed by atoms with E-state index in [1.165, 1.54) is 6.92 Å². The number of carbonyl (C=O) groups excluding carboxylic acids is 1. The van der Waals surface area contributed by atoms with Gasteiger partial charge in [-0.2, -0.15) is 0 Å². The van der Waals surface area contributed by atoms with E-state index in [-0.39, 0.29) is 17.6 Å². The Hall–Kier alpha value is -3.19. The first-order chi connectivity index (χ1) is 19.0. The maximum Gasteiger partial charge on any atom is 0.395 e. The summed E-state index contributed by atoms with van der Waals surface area (Å²) >= 11 is 0. The summed E-state index contributed by atoms with van der Waals surface area (Å²) in [5, 5.41) is 10.5. The van der Waals surface area contributed by atoms with Crippen LogP contribution in [0, 0.1) is 5.82 Å². The minimum Gasteiger partial charge on any atom is -0.575 e. The Balaban J connectivity index is 1.42. The van der Waals surface area contributed by atoms with Gasteiger partial charge in [-0.1, -0.05) is 11.2 Å². The van der Waals surface area contributed by atoms with Crippen molar-refractivity contribution < 1.29 is 42.3 Å². The predicted octanol–water partition coefficient (Wildman–Crippen LogP) is 2.24. The molecule has 2 unspecified atom stereocenters. The third-order valence-corrected chi connectivity index (χ3v) is 7.64. The summed E-state index contributed by atoms with van der Waals surface area (Å²) in [7, 11) is -2.80. The monoisotopic (exact) mass is 585 g/mol. The minimum atomic E-state index is -2.80. The lowest BCUT2D eigenvalue weighted by molar-refractivity contribution is -0.170. The fourth-order valence-electron chi connectivity index (χ4n) is 4.55. The Bertz CT molecular complexity index is 1360. The first kappa shape index (κ1) is 29.8. The lowest BCUT2D eigenvalue weighted by Gasteiger charge is -2.24. The van der Waals surface area contributed by atoms with E-state index in [2.05, 4.69) is 4.74 Å². The van der Waals surface area contributed by atoms with Crippen molar-refractivity contribution in [1.29, 1.82) is 0 Å². The number of aliphatic hydroxyl groups is 1. The number of hydrogen-bond acceptors (Lipinski definition) is 10. The van der Waals surface area contributed by atoms with Gasteiger partial charge in [0.25, 0.3) is 5.56 Å². The van der Waals surface area contributed by atoms with E-state index in [1.807, 2.05) is 4.98 Å². The summed E-state index contributed by atoms with van der Waals surface area (Å²) < 4.78 is 55.8. The maximum atomic E-state index is 15.4. The number of ether oxygens (including phenoxy) is 3. The highest BCUT2D eigenvalue weighted by Crippen LogP contribution is 2.41. The van der Waals surface area contributed by atoms with Crippen molar-refractivity contribution in [2.75, 3.05) is 6.61 Å². The van der Waals surface area contributed by atoms with Crippen LogP contribution >= 0.6 is 8.17 Å². The SMILES string of the molecule is C[C@H](/N=[P+](\[O-])Oc1ccc(F)cc1OC[C@H]1OC(n2ccc(=O)[nH]c2=O)[C@](C)(F)[C@@H]1O)C(=O)OC1CCCCC1. The Kier molecular flexibility index (Phi) is 9.34. The molecule has 1 saturated carbocycles. The largest absolute Gasteiger partial charge is 0.575 e. The number of alkyl halides is 1. The van der Waals surface area contributed by atoms with Crippen molar-refractivity contribution in [3.05, 3.63) is 57.1 Å². The molecule has 12 nitrogen and oxygen atoms in total. The smallest absolute Gasteiger partial charge is 0.395 e. The van der Waals surface area contributed by atoms with Crippen molar-refractivity contribution in [3.63, 3.8) is 0 Å². The van der Waals surface area contributed by atoms with Gasteiger partial charge in [0.15, 0.2) is 23.7 Å². The molecule has 2 N–H and O–H groups in total. The molecule has 0 radical (unpaired) electrons. The molecule has 0 spiro atoms. The second kappa shape index (κ2) is 12.5. The van der Waals surface area contributed by atoms with Gasteiger partial charge >= 0.3 is 19.8 Å². The fraction of sp³-hybridized carbons (Fsp3) is 0.560. The molecule has 15 heteroatoms. The molecule has 2 fully saturated rings. The third kappa shape index (κ3) is 6.92. The topological polar surface area (TPSA) is 164 Å². The number of rotatable bonds is 9. The van der Waals surface area contributed by atoms with E-state index in [0.717, 1.165) is 74.1 Å². The number of esters is 1. The summed E-state index contributed by atoms with van der Waals surface area (Å²) in [4.78, 5) is 50.3. The van der Waals surface area contributed by atoms with Gasteiger partial charge in [0.1, 0.15) is 30.7 Å². The lowest BCUT2D eigenvalue weighted by atomic mass is 9.98. The molecule has 1 aliphatic carbocycles. The van der Waals surface area contributed by atoms with Gasteiger partial charge < -0.3 is 24.2 Å². The number of aliphatic hydroxyl groups excluding tert-OH is 1. The van der Waals surface area contributed by atoms with Crippen molar-refractivity contribution in [2.45, 2.75) is 82.2 Å². The van der Waals surface area contributed by atoms with E-state index in [1.54, 1.807) is 0 Å². The van der Waals surface area contributed by atoms with E-state index < -0.39 is 68.0 Å². The van der Waals surface area contributed by atoms with Crippen LogP contribution in [0.2, 0.25) is 0 Å². The molecule has 2 aromatic rings. The van der Waals surface area contributed by atoms with E-state index in [9.17, 15) is 28.8 Å². The van der Waals surface area contributed by atoms with Gasteiger partial charge in [0, 0.05) is 18.3 Å². The molecular formula is C25H30F2N3O9P. The molecule has 1 saturated heterocycles. The Morgan fingerprint density at radius 3 is 2.73 bits per heavy atom. The van der Waals surface area contributed by atoms with Crippen LogP contribution in [0.3, 0.4) is 0 Å². The average molecular weight is 585 g/mol. The number of nitrogens with zero attached hydrogens (tertiary/aromatic N) is 2. The number of aromatic amines is 1. The standard InChI is InChI=1S/C25H30F2N3O9P/c1-14(22(33)37-16-6-4-3-5-7-16)29-40(35)39-17-9-8-15(26)12-18(17)36-13-19-21(32)25(2,27)23(38-19)30-11-10-20(31)28-24(30)34/h8-12,14,16,19,21,23,32H,3-7,13H2,1-2H3,(H,28,31,34)/t14-,19+,21+,23?,25+/m0/s1. The van der Waals surface area contributed by atoms with Crippen LogP contribution in [0.25, 0.3) is 0 Å². The quantitative estimate of drug-likeness (QED) is 0.332. The highest BCUT2D eigenvalue weighted by atomic mass is 31.1. The van der Waals surface area contributed by atoms with Gasteiger partial charge in [0.2, 0.25) is 5.75 Å². The third-order valence-electron chi connectivity index (χ3n) is 6.75. The van der Waals surface area contributed by atoms with Crippen LogP contribution < -0.4 is 25.4 Å². The molecule has 6 atom stereocenters. The number of halogens is 2. The second-order valence-electron chi connectivity index (χ2n) is 9.86. The van der Waals surface area contributed by atoms with Gasteiger partial charge in [-0.3, -0.25) is 18.9 Å². The number of nitrogens with one attached hydrogen (secondary N) is 1. The van der Waals surface area contributed by atoms with Crippen LogP contribution in [0.5, 0.6) is 11.5 Å². The van der Waals surface area contributed by atoms with Crippen molar-refractivity contribution in [3.8, 4) is 11.5 Å². The molecule has 1 aromatic carbocycles. The Morgan fingerprint density at radius 2 is 2.02 bits per heavy atom. The zero-order chi connectivity index (χ0) is 29.0. The molecule has 40 heavy (non-hydrogen) atoms. The maximum absolute atomic E-state index is 15.4. The zero-order valence-corrected chi connectivity index (χ0v) is 22.7. The molecule has 218 valence electrons. The molecule has 0 amide bonds. The Labute approximate surface area is 228 Å². The number of hydrogen-bond donors (Lipinski definition) is 2. The molecular weight excluding hydrogens is 555 g/mol. The van der Waals surface area contributed by atoms with Crippen LogP contribution in [-0.4, -0.2) is 57.3 Å². The first-order valence-corrected chi connectivity index (χ1v) is 13.9. The summed E-state index contributed by atoms with van der Waals surface area (Å²) in [5.41, 5.74) is -4.11. The number of H-pyrrole nitrogens is 1. The number of benzene rings is 1. The average Bonchev–Trinajstić information content (AvgIpc) is 3.12. The molecule has 4 rings (SSSR count). The summed E-state index contributed by atoms with van der Waals surface area (Å²) in [6, 6.07) is 2.99. The lowest BCUT2D eigenvalue weighted by Crippen LogP contribution is -2.43. The summed E-state index contributed by atoms with van der Waals surface area (Å²) in [6.07, 6.45) is 0.668. The molecule has 0 bridgehead atoms. The number of carbonyl (C=O) groups is 1. The summed E-state index contributed by atoms with van der Waals surface area (Å²) in [6.45, 7) is 1.91. The molecule has 1 aliphatic heterocycles. The highest BCUT2D eigenvalue weighted by molar-refractivity contribution is 7.34. The van der Waals surface area contributed by atoms with E-state index >= 15 is 4.39 Å². The second-order valence-corrected chi connectivity index (χ2v) is 10.7. The van der Waals surface area contributed by atoms with E-state index in [0.29, 0.717) is 0 Å². The molecule has 2 heterocycles. The van der Waals surface area contributed by atoms with Crippen LogP contribution in [0.15, 0.2) is 44.8 Å². The van der Waals surface area contributed by atoms with Gasteiger partial charge in [0.05, 0.1) is 0 Å². The van der Waals surface area contributed by atoms with Crippen molar-refractivity contribution in [1.82, 2.24) is 9.55 Å². The normalized spacial score (nSPS) is 26.4. The molecule has 2 aliphatic rings. The molecule has 1 aromatic heterocycles. The van der Waals surface area contributed by atoms with Crippen molar-refractivity contribution >= 4 is 14.1 Å². The Morgan fingerprint density at radius 1 is 1.30 bits per heavy atom. The van der Waals surface area contributed by atoms with Gasteiger partial charge in [-0.15, -0.1) is 0 Å². The van der Waals surface area contributed by atoms with Crippen LogP contribution in [0.1, 0.15) is 52.2 Å². The van der Waals surface area contributed by atoms with E-state index in [4.69, 9.17) is 18.7 Å². The van der Waals surface area contributed by atoms with Gasteiger partial charge in [-0.05, 0) is 51.7 Å². The summed E-state index contributed by atoms with van der Waals surface area (Å²) in [5.74, 6) is -1.81. The first-order valence-electron chi connectivity index (χ1n) is 12.8. The van der Waals surface area contributed by atoms with Gasteiger partial charge in [-0.25, -0.2) is 18.4 Å². The zero-order valence-electron chi connectivity index (χ0n) is 21.8. The minimum absolute atomic E-state index is 0.192.